The van der Waals surface area contributed by atoms with E-state index in [9.17, 15) is 9.59 Å². The van der Waals surface area contributed by atoms with Crippen LogP contribution < -0.4 is 5.69 Å². The number of H-pyrrole nitrogens is 1. The summed E-state index contributed by atoms with van der Waals surface area (Å²) in [6.07, 6.45) is 4.06. The van der Waals surface area contributed by atoms with Crippen LogP contribution in [-0.2, 0) is 4.79 Å². The highest BCUT2D eigenvalue weighted by molar-refractivity contribution is 5.68. The Balaban J connectivity index is 1.89. The minimum Gasteiger partial charge on any atom is -0.481 e. The van der Waals surface area contributed by atoms with E-state index in [0.717, 1.165) is 29.8 Å². The van der Waals surface area contributed by atoms with Crippen LogP contribution in [-0.4, -0.2) is 20.6 Å². The lowest BCUT2D eigenvalue weighted by atomic mass is 9.91. The van der Waals surface area contributed by atoms with E-state index < -0.39 is 5.97 Å². The van der Waals surface area contributed by atoms with Gasteiger partial charge in [0, 0.05) is 11.9 Å². The third-order valence-electron chi connectivity index (χ3n) is 4.13. The van der Waals surface area contributed by atoms with Crippen LogP contribution in [0.5, 0.6) is 0 Å². The molecule has 1 aliphatic rings. The predicted octanol–water partition coefficient (Wildman–Crippen LogP) is 2.44. The molecule has 1 atom stereocenters. The van der Waals surface area contributed by atoms with Gasteiger partial charge in [-0.25, -0.2) is 4.79 Å². The number of rotatable bonds is 5. The van der Waals surface area contributed by atoms with Gasteiger partial charge in [0.15, 0.2) is 0 Å². The number of hydrogen-bond acceptors (Lipinski definition) is 2. The fourth-order valence-electron chi connectivity index (χ4n) is 2.89. The van der Waals surface area contributed by atoms with Crippen molar-refractivity contribution in [1.82, 2.24) is 9.55 Å². The first-order valence-corrected chi connectivity index (χ1v) is 7.15. The summed E-state index contributed by atoms with van der Waals surface area (Å²) in [5.41, 5.74) is 2.53. The van der Waals surface area contributed by atoms with E-state index in [2.05, 4.69) is 4.98 Å². The number of benzene rings is 1. The van der Waals surface area contributed by atoms with Crippen LogP contribution in [0.4, 0.5) is 0 Å². The van der Waals surface area contributed by atoms with Gasteiger partial charge in [-0.05, 0) is 49.3 Å². The summed E-state index contributed by atoms with van der Waals surface area (Å²) in [5, 5.41) is 9.05. The molecular formula is C16H18N2O3. The number of aromatic amines is 1. The van der Waals surface area contributed by atoms with Gasteiger partial charge in [0.05, 0.1) is 12.1 Å². The number of carboxylic acid groups (broad SMARTS) is 1. The van der Waals surface area contributed by atoms with Gasteiger partial charge in [0.1, 0.15) is 0 Å². The number of nitrogens with zero attached hydrogens (tertiary/aromatic N) is 1. The summed E-state index contributed by atoms with van der Waals surface area (Å²) in [6, 6.07) is 7.66. The van der Waals surface area contributed by atoms with Crippen molar-refractivity contribution in [2.45, 2.75) is 32.1 Å². The van der Waals surface area contributed by atoms with Crippen molar-refractivity contribution in [2.75, 3.05) is 0 Å². The van der Waals surface area contributed by atoms with E-state index in [0.29, 0.717) is 5.92 Å². The largest absolute Gasteiger partial charge is 0.481 e. The van der Waals surface area contributed by atoms with E-state index >= 15 is 0 Å². The molecule has 1 heterocycles. The number of carbonyl (C=O) groups is 1. The van der Waals surface area contributed by atoms with Crippen LogP contribution in [0.1, 0.15) is 36.4 Å². The Morgan fingerprint density at radius 2 is 2.05 bits per heavy atom. The number of aliphatic carboxylic acids is 1. The molecule has 1 aromatic carbocycles. The lowest BCUT2D eigenvalue weighted by Crippen LogP contribution is -2.16. The summed E-state index contributed by atoms with van der Waals surface area (Å²) < 4.78 is 1.60. The molecule has 0 saturated heterocycles. The Morgan fingerprint density at radius 1 is 1.38 bits per heavy atom. The molecule has 0 radical (unpaired) electrons. The summed E-state index contributed by atoms with van der Waals surface area (Å²) in [6.45, 7) is 1.86. The minimum absolute atomic E-state index is 0.0839. The van der Waals surface area contributed by atoms with Gasteiger partial charge < -0.3 is 10.1 Å². The highest BCUT2D eigenvalue weighted by Crippen LogP contribution is 2.44. The molecule has 2 aromatic rings. The van der Waals surface area contributed by atoms with Crippen molar-refractivity contribution >= 4 is 5.97 Å². The van der Waals surface area contributed by atoms with E-state index in [-0.39, 0.29) is 18.0 Å². The third-order valence-corrected chi connectivity index (χ3v) is 4.13. The van der Waals surface area contributed by atoms with Crippen LogP contribution in [0.15, 0.2) is 35.3 Å². The molecule has 0 amide bonds. The maximum Gasteiger partial charge on any atom is 0.330 e. The van der Waals surface area contributed by atoms with Crippen LogP contribution in [0, 0.1) is 12.8 Å². The summed E-state index contributed by atoms with van der Waals surface area (Å²) in [5.74, 6) is -0.182. The molecule has 1 unspecified atom stereocenters. The Kier molecular flexibility index (Phi) is 3.41. The van der Waals surface area contributed by atoms with Crippen molar-refractivity contribution in [1.29, 1.82) is 0 Å². The average Bonchev–Trinajstić information content (AvgIpc) is 3.23. The zero-order valence-electron chi connectivity index (χ0n) is 11.9. The van der Waals surface area contributed by atoms with Crippen LogP contribution in [0.2, 0.25) is 0 Å². The third kappa shape index (κ3) is 2.77. The van der Waals surface area contributed by atoms with Gasteiger partial charge in [0.2, 0.25) is 0 Å². The number of imidazole rings is 1. The lowest BCUT2D eigenvalue weighted by molar-refractivity contribution is -0.137. The zero-order chi connectivity index (χ0) is 15.0. The number of aromatic nitrogens is 2. The van der Waals surface area contributed by atoms with Crippen LogP contribution >= 0.6 is 0 Å². The first-order valence-electron chi connectivity index (χ1n) is 7.15. The fraction of sp³-hybridized carbons (Fsp3) is 0.375. The number of hydrogen-bond donors (Lipinski definition) is 2. The van der Waals surface area contributed by atoms with Crippen molar-refractivity contribution in [3.05, 3.63) is 52.2 Å². The number of carboxylic acids is 1. The van der Waals surface area contributed by atoms with Crippen molar-refractivity contribution < 1.29 is 9.90 Å². The Labute approximate surface area is 122 Å². The van der Waals surface area contributed by atoms with Gasteiger partial charge in [-0.2, -0.15) is 0 Å². The van der Waals surface area contributed by atoms with Gasteiger partial charge in [-0.1, -0.05) is 12.1 Å². The second-order valence-corrected chi connectivity index (χ2v) is 5.70. The summed E-state index contributed by atoms with van der Waals surface area (Å²) >= 11 is 0. The van der Waals surface area contributed by atoms with Gasteiger partial charge >= 0.3 is 11.7 Å². The molecule has 3 rings (SSSR count). The number of aryl methyl sites for hydroxylation is 1. The standard InChI is InChI=1S/C16H18N2O3/c1-10-9-17-16(21)18(10)13-6-4-12(5-7-13)14(8-15(19)20)11-2-3-11/h4-7,9,11,14H,2-3,8H2,1H3,(H,17,21)(H,19,20). The maximum atomic E-state index is 11.8. The van der Waals surface area contributed by atoms with Crippen LogP contribution in [0.25, 0.3) is 5.69 Å². The molecule has 0 spiro atoms. The fourth-order valence-corrected chi connectivity index (χ4v) is 2.89. The van der Waals surface area contributed by atoms with Gasteiger partial charge in [0.25, 0.3) is 0 Å². The molecule has 0 bridgehead atoms. The van der Waals surface area contributed by atoms with E-state index in [4.69, 9.17) is 5.11 Å². The monoisotopic (exact) mass is 286 g/mol. The number of nitrogens with one attached hydrogen (secondary N) is 1. The van der Waals surface area contributed by atoms with Crippen molar-refractivity contribution in [3.8, 4) is 5.69 Å². The Morgan fingerprint density at radius 3 is 2.52 bits per heavy atom. The van der Waals surface area contributed by atoms with E-state index in [1.54, 1.807) is 10.8 Å². The quantitative estimate of drug-likeness (QED) is 0.886. The molecule has 21 heavy (non-hydrogen) atoms. The van der Waals surface area contributed by atoms with E-state index in [1.807, 2.05) is 31.2 Å². The zero-order valence-corrected chi connectivity index (χ0v) is 11.9. The molecule has 110 valence electrons. The second-order valence-electron chi connectivity index (χ2n) is 5.70. The molecular weight excluding hydrogens is 268 g/mol. The molecule has 5 heteroatoms. The molecule has 2 N–H and O–H groups in total. The van der Waals surface area contributed by atoms with Gasteiger partial charge in [-0.15, -0.1) is 0 Å². The highest BCUT2D eigenvalue weighted by Gasteiger charge is 2.33. The smallest absolute Gasteiger partial charge is 0.330 e. The molecule has 0 aliphatic heterocycles. The minimum atomic E-state index is -0.756. The predicted molar refractivity (Wildman–Crippen MR) is 78.8 cm³/mol. The summed E-state index contributed by atoms with van der Waals surface area (Å²) in [7, 11) is 0. The van der Waals surface area contributed by atoms with Crippen molar-refractivity contribution in [3.63, 3.8) is 0 Å². The molecule has 1 aliphatic carbocycles. The lowest BCUT2D eigenvalue weighted by Gasteiger charge is -2.15. The second kappa shape index (κ2) is 5.24. The maximum absolute atomic E-state index is 11.8. The normalized spacial score (nSPS) is 15.9. The SMILES string of the molecule is Cc1c[nH]c(=O)n1-c1ccc(C(CC(=O)O)C2CC2)cc1. The molecule has 1 aromatic heterocycles. The first kappa shape index (κ1) is 13.7. The topological polar surface area (TPSA) is 75.1 Å². The Bertz CT molecular complexity index is 708. The average molecular weight is 286 g/mol. The molecule has 5 nitrogen and oxygen atoms in total. The first-order chi connectivity index (χ1) is 10.1. The van der Waals surface area contributed by atoms with Gasteiger partial charge in [-0.3, -0.25) is 9.36 Å². The molecule has 1 fully saturated rings. The van der Waals surface area contributed by atoms with Crippen LogP contribution in [0.3, 0.4) is 0 Å². The van der Waals surface area contributed by atoms with E-state index in [1.165, 1.54) is 0 Å². The highest BCUT2D eigenvalue weighted by atomic mass is 16.4. The van der Waals surface area contributed by atoms with Crippen molar-refractivity contribution in [2.24, 2.45) is 5.92 Å². The molecule has 1 saturated carbocycles. The Hall–Kier alpha value is -2.30. The summed E-state index contributed by atoms with van der Waals surface area (Å²) in [4.78, 5) is 25.4.